The minimum atomic E-state index is 0.354. The van der Waals surface area contributed by atoms with Crippen LogP contribution in [0.1, 0.15) is 214 Å². The molecule has 0 spiro atoms. The van der Waals surface area contributed by atoms with Gasteiger partial charge in [-0.25, -0.2) is 0 Å². The number of nitrogens with zero attached hydrogens (tertiary/aromatic N) is 1. The third kappa shape index (κ3) is 24.0. The zero-order valence-corrected chi connectivity index (χ0v) is 31.3. The molecule has 1 aliphatic heterocycles. The zero-order chi connectivity index (χ0) is 32.8. The molecule has 266 valence electrons. The summed E-state index contributed by atoms with van der Waals surface area (Å²) in [6.07, 6.45) is 37.0. The Balaban J connectivity index is 2.26. The number of ether oxygens (including phenoxy) is 1. The predicted octanol–water partition coefficient (Wildman–Crippen LogP) is 13.4. The van der Waals surface area contributed by atoms with Crippen molar-refractivity contribution >= 4 is 5.78 Å². The van der Waals surface area contributed by atoms with E-state index in [9.17, 15) is 4.79 Å². The van der Waals surface area contributed by atoms with Gasteiger partial charge in [0.1, 0.15) is 5.78 Å². The molecule has 0 aromatic heterocycles. The molecule has 1 aliphatic rings. The summed E-state index contributed by atoms with van der Waals surface area (Å²) in [5.74, 6) is 2.92. The van der Waals surface area contributed by atoms with Crippen LogP contribution < -0.4 is 0 Å². The lowest BCUT2D eigenvalue weighted by molar-refractivity contribution is -0.119. The van der Waals surface area contributed by atoms with E-state index in [1.165, 1.54) is 174 Å². The summed E-state index contributed by atoms with van der Waals surface area (Å²) in [5, 5.41) is 0. The van der Waals surface area contributed by atoms with E-state index in [1.807, 2.05) is 0 Å². The number of likely N-dealkylation sites (tertiary alicyclic amines) is 1. The van der Waals surface area contributed by atoms with Crippen molar-refractivity contribution in [1.82, 2.24) is 4.90 Å². The third-order valence-corrected chi connectivity index (χ3v) is 10.7. The summed E-state index contributed by atoms with van der Waals surface area (Å²) in [7, 11) is 0. The van der Waals surface area contributed by atoms with Crippen molar-refractivity contribution in [2.45, 2.75) is 220 Å². The van der Waals surface area contributed by atoms with Gasteiger partial charge >= 0.3 is 0 Å². The number of Topliss-reactive ketones (excluding diaryl/α,β-unsaturated/α-hetero) is 1. The Morgan fingerprint density at radius 3 is 1.62 bits per heavy atom. The van der Waals surface area contributed by atoms with Crippen LogP contribution in [0.15, 0.2) is 12.3 Å². The maximum Gasteiger partial charge on any atom is 0.132 e. The van der Waals surface area contributed by atoms with Crippen molar-refractivity contribution in [3.05, 3.63) is 12.3 Å². The van der Waals surface area contributed by atoms with Crippen LogP contribution in [0.4, 0.5) is 0 Å². The molecule has 0 amide bonds. The van der Waals surface area contributed by atoms with Crippen LogP contribution >= 0.6 is 0 Å². The van der Waals surface area contributed by atoms with Crippen molar-refractivity contribution in [2.75, 3.05) is 19.6 Å². The highest BCUT2D eigenvalue weighted by molar-refractivity contribution is 5.78. The molecular weight excluding hydrogens is 550 g/mol. The molecular formula is C42H81NO2. The van der Waals surface area contributed by atoms with E-state index in [0.29, 0.717) is 17.8 Å². The summed E-state index contributed by atoms with van der Waals surface area (Å²) in [6, 6.07) is 0. The number of unbranched alkanes of at least 4 members (excludes halogenated alkanes) is 16. The normalized spacial score (nSPS) is 15.7. The highest BCUT2D eigenvalue weighted by atomic mass is 16.5. The molecule has 0 aromatic rings. The molecule has 0 saturated carbocycles. The minimum absolute atomic E-state index is 0.354. The number of hydrogen-bond acceptors (Lipinski definition) is 3. The van der Waals surface area contributed by atoms with Crippen molar-refractivity contribution < 1.29 is 9.53 Å². The number of hydrogen-bond donors (Lipinski definition) is 0. The van der Waals surface area contributed by atoms with Gasteiger partial charge in [-0.05, 0) is 76.9 Å². The lowest BCUT2D eigenvalue weighted by Gasteiger charge is -2.33. The summed E-state index contributed by atoms with van der Waals surface area (Å²) in [4.78, 5) is 15.2. The summed E-state index contributed by atoms with van der Waals surface area (Å²) in [6.45, 7) is 17.1. The van der Waals surface area contributed by atoms with Gasteiger partial charge in [0.2, 0.25) is 0 Å². The fourth-order valence-corrected chi connectivity index (χ4v) is 7.33. The molecule has 0 aliphatic carbocycles. The molecule has 0 aromatic carbocycles. The maximum absolute atomic E-state index is 12.6. The van der Waals surface area contributed by atoms with Gasteiger partial charge in [0, 0.05) is 18.8 Å². The van der Waals surface area contributed by atoms with Crippen molar-refractivity contribution in [3.63, 3.8) is 0 Å². The van der Waals surface area contributed by atoms with Gasteiger partial charge in [0.25, 0.3) is 0 Å². The van der Waals surface area contributed by atoms with Crippen molar-refractivity contribution in [1.29, 1.82) is 0 Å². The van der Waals surface area contributed by atoms with Gasteiger partial charge in [-0.15, -0.1) is 0 Å². The van der Waals surface area contributed by atoms with Gasteiger partial charge in [-0.1, -0.05) is 156 Å². The molecule has 2 unspecified atom stereocenters. The first kappa shape index (κ1) is 42.2. The first-order valence-corrected chi connectivity index (χ1v) is 20.6. The lowest BCUT2D eigenvalue weighted by Crippen LogP contribution is -2.34. The van der Waals surface area contributed by atoms with Crippen LogP contribution in [0.2, 0.25) is 0 Å². The average molecular weight is 632 g/mol. The molecule has 45 heavy (non-hydrogen) atoms. The molecule has 0 N–H and O–H groups in total. The second-order valence-corrected chi connectivity index (χ2v) is 14.8. The Kier molecular flexibility index (Phi) is 28.6. The molecule has 0 bridgehead atoms. The number of ketones is 1. The minimum Gasteiger partial charge on any atom is -0.495 e. The van der Waals surface area contributed by atoms with Crippen molar-refractivity contribution in [2.24, 2.45) is 11.8 Å². The van der Waals surface area contributed by atoms with E-state index in [-0.39, 0.29) is 0 Å². The maximum atomic E-state index is 12.6. The third-order valence-electron chi connectivity index (χ3n) is 10.7. The fraction of sp³-hybridized carbons (Fsp3) is 0.929. The Bertz CT molecular complexity index is 668. The van der Waals surface area contributed by atoms with E-state index < -0.39 is 0 Å². The van der Waals surface area contributed by atoms with Crippen LogP contribution in [0.3, 0.4) is 0 Å². The number of rotatable bonds is 33. The molecule has 0 radical (unpaired) electrons. The van der Waals surface area contributed by atoms with Crippen LogP contribution in [0.25, 0.3) is 0 Å². The first-order valence-electron chi connectivity index (χ1n) is 20.6. The topological polar surface area (TPSA) is 29.5 Å². The monoisotopic (exact) mass is 632 g/mol. The van der Waals surface area contributed by atoms with Gasteiger partial charge in [-0.2, -0.15) is 0 Å². The van der Waals surface area contributed by atoms with Crippen LogP contribution in [0, 0.1) is 11.8 Å². The fourth-order valence-electron chi connectivity index (χ4n) is 7.33. The molecule has 1 rings (SSSR count). The summed E-state index contributed by atoms with van der Waals surface area (Å²) < 4.78 is 6.63. The quantitative estimate of drug-likeness (QED) is 0.0533. The predicted molar refractivity (Wildman–Crippen MR) is 199 cm³/mol. The smallest absolute Gasteiger partial charge is 0.132 e. The van der Waals surface area contributed by atoms with Crippen molar-refractivity contribution in [3.8, 4) is 0 Å². The van der Waals surface area contributed by atoms with Gasteiger partial charge in [0.15, 0.2) is 0 Å². The summed E-state index contributed by atoms with van der Waals surface area (Å²) in [5.41, 5.74) is 0. The summed E-state index contributed by atoms with van der Waals surface area (Å²) >= 11 is 0. The van der Waals surface area contributed by atoms with Gasteiger partial charge in [-0.3, -0.25) is 4.79 Å². The van der Waals surface area contributed by atoms with Crippen LogP contribution in [-0.4, -0.2) is 36.4 Å². The highest BCUT2D eigenvalue weighted by Gasteiger charge is 2.23. The van der Waals surface area contributed by atoms with Gasteiger partial charge < -0.3 is 9.64 Å². The SMILES string of the molecule is C=C(OC(CCCCCCCCCC)CCCCCCCCC(=O)CCC(CCCC)CCCCCC)C1CCN(CC)CC1. The largest absolute Gasteiger partial charge is 0.495 e. The van der Waals surface area contributed by atoms with Crippen LogP contribution in [-0.2, 0) is 9.53 Å². The van der Waals surface area contributed by atoms with E-state index in [1.54, 1.807) is 0 Å². The number of carbonyl (C=O) groups is 1. The molecule has 1 heterocycles. The Morgan fingerprint density at radius 2 is 1.07 bits per heavy atom. The Labute approximate surface area is 283 Å². The number of piperidine rings is 1. The van der Waals surface area contributed by atoms with E-state index in [0.717, 1.165) is 43.9 Å². The average Bonchev–Trinajstić information content (AvgIpc) is 3.06. The second kappa shape index (κ2) is 30.5. The lowest BCUT2D eigenvalue weighted by atomic mass is 9.90. The van der Waals surface area contributed by atoms with E-state index in [2.05, 4.69) is 39.2 Å². The highest BCUT2D eigenvalue weighted by Crippen LogP contribution is 2.28. The molecule has 3 nitrogen and oxygen atoms in total. The van der Waals surface area contributed by atoms with Crippen LogP contribution in [0.5, 0.6) is 0 Å². The number of carbonyl (C=O) groups excluding carboxylic acids is 1. The number of allylic oxidation sites excluding steroid dienone is 1. The second-order valence-electron chi connectivity index (χ2n) is 14.8. The molecule has 3 heteroatoms. The Hall–Kier alpha value is -0.830. The molecule has 1 fully saturated rings. The molecule has 2 atom stereocenters. The standard InChI is InChI=1S/C42H81NO2/c1-6-10-13-15-16-17-21-25-30-42(45-38(5)40-34-36-43(9-4)37-35-40)31-26-22-19-18-20-24-29-41(44)33-32-39(27-12-8-3)28-23-14-11-7-2/h39-40,42H,5-37H2,1-4H3. The van der Waals surface area contributed by atoms with Gasteiger partial charge in [0.05, 0.1) is 11.9 Å². The van der Waals surface area contributed by atoms with E-state index >= 15 is 0 Å². The Morgan fingerprint density at radius 1 is 0.600 bits per heavy atom. The zero-order valence-electron chi connectivity index (χ0n) is 31.3. The first-order chi connectivity index (χ1) is 22.0. The van der Waals surface area contributed by atoms with E-state index in [4.69, 9.17) is 4.74 Å². The molecule has 1 saturated heterocycles.